The lowest BCUT2D eigenvalue weighted by molar-refractivity contribution is -0.402. The van der Waals surface area contributed by atoms with E-state index in [2.05, 4.69) is 60.0 Å². The molecule has 0 fully saturated rings. The number of hydrogen-bond acceptors (Lipinski definition) is 12. The number of quaternary nitrogens is 1. The van der Waals surface area contributed by atoms with Gasteiger partial charge < -0.3 is 32.7 Å². The molecule has 0 saturated heterocycles. The van der Waals surface area contributed by atoms with Crippen molar-refractivity contribution in [2.45, 2.75) is 53.0 Å². The molecule has 0 heterocycles. The van der Waals surface area contributed by atoms with Gasteiger partial charge in [-0.3, -0.25) is 14.4 Å². The average Bonchev–Trinajstić information content (AvgIpc) is 3.39. The smallest absolute Gasteiger partial charge is 0.364 e. The molecule has 0 aromatic heterocycles. The van der Waals surface area contributed by atoms with E-state index in [9.17, 15) is 19.2 Å². The summed E-state index contributed by atoms with van der Waals surface area (Å²) in [6.45, 7) is 7.03. The van der Waals surface area contributed by atoms with Gasteiger partial charge in [0.15, 0.2) is 6.04 Å². The van der Waals surface area contributed by atoms with E-state index in [0.717, 1.165) is 11.1 Å². The van der Waals surface area contributed by atoms with E-state index in [4.69, 9.17) is 27.5 Å². The molecule has 0 saturated carbocycles. The number of methoxy groups -OCH3 is 2. The second kappa shape index (κ2) is 72.0. The van der Waals surface area contributed by atoms with E-state index in [1.54, 1.807) is 234 Å². The number of ether oxygens (including phenoxy) is 2. The van der Waals surface area contributed by atoms with Gasteiger partial charge in [0.1, 0.15) is 5.78 Å². The summed E-state index contributed by atoms with van der Waals surface area (Å²) in [7, 11) is 51.6. The zero-order valence-electron chi connectivity index (χ0n) is 37.9. The number of esters is 2. The number of carboxylic acid groups (broad SMARTS) is 1. The van der Waals surface area contributed by atoms with E-state index >= 15 is 0 Å². The molecule has 0 aliphatic rings. The van der Waals surface area contributed by atoms with Gasteiger partial charge in [-0.25, -0.2) is 4.79 Å². The second-order valence-corrected chi connectivity index (χ2v) is 64.2. The van der Waals surface area contributed by atoms with Crippen LogP contribution in [-0.2, 0) is 375 Å². The molecule has 4 N–H and O–H groups in total. The van der Waals surface area contributed by atoms with Gasteiger partial charge >= 0.3 is 17.9 Å². The summed E-state index contributed by atoms with van der Waals surface area (Å²) < 4.78 is 8.93. The van der Waals surface area contributed by atoms with Gasteiger partial charge in [-0.1, -0.05) is 81.4 Å². The summed E-state index contributed by atoms with van der Waals surface area (Å²) in [5.41, 5.74) is 5.65. The lowest BCUT2D eigenvalue weighted by atomic mass is 9.91. The fraction of sp³-hybridized carbons (Fsp3) is 0.448. The van der Waals surface area contributed by atoms with Crippen LogP contribution in [0.15, 0.2) is 60.7 Å². The summed E-state index contributed by atoms with van der Waals surface area (Å²) in [4.78, 5) is 44.0. The van der Waals surface area contributed by atoms with E-state index in [-0.39, 0.29) is 60.3 Å². The molecule has 2 aromatic carbocycles. The maximum absolute atomic E-state index is 12.0. The Morgan fingerprint density at radius 2 is 0.676 bits per heavy atom. The highest BCUT2D eigenvalue weighted by molar-refractivity contribution is 8.77. The number of carbonyl (C=O) groups is 4. The Morgan fingerprint density at radius 3 is 0.878 bits per heavy atom. The second-order valence-electron chi connectivity index (χ2n) is 11.1. The normalized spacial score (nSPS) is 9.99. The van der Waals surface area contributed by atoms with Crippen LogP contribution < -0.4 is 18.1 Å². The van der Waals surface area contributed by atoms with E-state index in [1.807, 2.05) is 67.6 Å². The third kappa shape index (κ3) is 69.2. The molecule has 0 aliphatic carbocycles. The largest absolute Gasteiger partial charge is 1.00 e. The van der Waals surface area contributed by atoms with Crippen molar-refractivity contribution >= 4 is 357 Å². The summed E-state index contributed by atoms with van der Waals surface area (Å²) in [5.74, 6) is -1.95. The number of aliphatic carboxylic acids is 1. The van der Waals surface area contributed by atoms with Crippen LogP contribution >= 0.6 is 0 Å². The SMILES string of the molecule is COC(=O)[C@H](C)CC(=O)[C@@H](C)Cc1ccccc1.COC(=O)[C@H](C)[NH3+].C[C@@H](Cc1ccccc1)C(=O)O.S=S=S=S=S=S=S=S=S=S=S.S=S=S=S=S=S=S=S=S=S=S=S.S=S=S=S=S=S=S=S=S=S=S=S=S.[Cl-]. The number of carbonyl (C=O) groups excluding carboxylic acids is 3. The van der Waals surface area contributed by atoms with Crippen LogP contribution in [0.25, 0.3) is 0 Å². The van der Waals surface area contributed by atoms with Crippen molar-refractivity contribution in [2.24, 2.45) is 17.8 Å². The molecule has 8 nitrogen and oxygen atoms in total. The molecule has 2 rings (SSSR count). The first kappa shape index (κ1) is 87.5. The fourth-order valence-corrected chi connectivity index (χ4v) is 69.3. The molecule has 45 heteroatoms. The topological polar surface area (TPSA) is 135 Å². The van der Waals surface area contributed by atoms with Crippen LogP contribution in [0.4, 0.5) is 0 Å². The van der Waals surface area contributed by atoms with Crippen LogP contribution in [0.5, 0.6) is 0 Å². The number of hydrogen-bond donors (Lipinski definition) is 2. The van der Waals surface area contributed by atoms with Crippen molar-refractivity contribution in [2.75, 3.05) is 14.2 Å². The molecule has 0 aliphatic heterocycles. The molecule has 0 radical (unpaired) electrons. The lowest BCUT2D eigenvalue weighted by Gasteiger charge is -2.13. The minimum Gasteiger partial charge on any atom is -1.00 e. The molecule has 74 heavy (non-hydrogen) atoms. The van der Waals surface area contributed by atoms with Crippen LogP contribution in [0.1, 0.15) is 45.2 Å². The molecule has 2 aromatic rings. The summed E-state index contributed by atoms with van der Waals surface area (Å²) in [6.07, 6.45) is 1.57. The quantitative estimate of drug-likeness (QED) is 0.317. The fourth-order valence-electron chi connectivity index (χ4n) is 3.40. The number of ketones is 1. The predicted molar refractivity (Wildman–Crippen MR) is 407 cm³/mol. The Balaban J connectivity index is -0.000000262. The number of halogens is 1. The van der Waals surface area contributed by atoms with E-state index < -0.39 is 5.97 Å². The van der Waals surface area contributed by atoms with Crippen molar-refractivity contribution < 1.29 is 51.9 Å². The Morgan fingerprint density at radius 1 is 0.432 bits per heavy atom. The molecule has 0 unspecified atom stereocenters. The van der Waals surface area contributed by atoms with Gasteiger partial charge in [0.05, 0.1) is 26.1 Å². The Kier molecular flexibility index (Phi) is 85.0. The molecule has 0 spiro atoms. The zero-order valence-corrected chi connectivity index (χ0v) is 68.0. The Labute approximate surface area is 555 Å². The van der Waals surface area contributed by atoms with Gasteiger partial charge in [0, 0.05) is 346 Å². The van der Waals surface area contributed by atoms with Gasteiger partial charge in [-0.05, 0) is 30.9 Å². The highest BCUT2D eigenvalue weighted by Gasteiger charge is 2.21. The van der Waals surface area contributed by atoms with Gasteiger partial charge in [-0.2, -0.15) is 0 Å². The van der Waals surface area contributed by atoms with Crippen LogP contribution in [0.3, 0.4) is 0 Å². The molecule has 0 bridgehead atoms. The predicted octanol–water partition coefficient (Wildman–Crippen LogP) is 0.291. The minimum atomic E-state index is -0.737. The molecular formula is C29H42ClNO7S36. The zero-order chi connectivity index (χ0) is 55.6. The van der Waals surface area contributed by atoms with Crippen molar-refractivity contribution in [3.63, 3.8) is 0 Å². The molecule has 428 valence electrons. The maximum Gasteiger partial charge on any atom is 0.364 e. The Bertz CT molecular complexity index is 3290. The van der Waals surface area contributed by atoms with Crippen LogP contribution in [-0.4, -0.2) is 49.1 Å². The van der Waals surface area contributed by atoms with Crippen LogP contribution in [0.2, 0.25) is 0 Å². The van der Waals surface area contributed by atoms with Crippen molar-refractivity contribution in [1.29, 1.82) is 0 Å². The number of rotatable bonds is 10. The molecule has 4 atom stereocenters. The summed E-state index contributed by atoms with van der Waals surface area (Å²) in [6, 6.07) is 19.3. The molecule has 0 amide bonds. The van der Waals surface area contributed by atoms with Crippen molar-refractivity contribution in [1.82, 2.24) is 0 Å². The number of Topliss-reactive ketones (excluding diaryl/α,β-unsaturated/α-hetero) is 1. The van der Waals surface area contributed by atoms with Gasteiger partial charge in [-0.15, -0.1) is 0 Å². The number of carboxylic acids is 1. The van der Waals surface area contributed by atoms with Gasteiger partial charge in [0.25, 0.3) is 0 Å². The maximum atomic E-state index is 12.0. The third-order valence-corrected chi connectivity index (χ3v) is 66.2. The monoisotopic (exact) mass is 1700 g/mol. The van der Waals surface area contributed by atoms with Gasteiger partial charge in [0.2, 0.25) is 0 Å². The summed E-state index contributed by atoms with van der Waals surface area (Å²) in [5, 5.41) is 8.64. The molecular weight excluding hydrogens is 1660 g/mol. The highest BCUT2D eigenvalue weighted by atomic mass is 35.5. The van der Waals surface area contributed by atoms with Crippen molar-refractivity contribution in [3.05, 3.63) is 71.8 Å². The first-order valence-corrected chi connectivity index (χ1v) is 61.7. The summed E-state index contributed by atoms with van der Waals surface area (Å²) >= 11 is 28.1. The van der Waals surface area contributed by atoms with E-state index in [0.29, 0.717) is 12.8 Å². The standard InChI is InChI=1S/C15H20O3.C10H12O2.C4H9NO2.ClH.S13.S12.S11/c1-11(9-13-7-5-4-6-8-13)14(16)10-12(2)15(17)18-3;1-8(10(11)12)7-9-5-3-2-4-6-9;1-3(5)4(6)7-2;;1-3-5-7-9-11-13-12-10-8-6-4-2;1-3-5-7-9-11-12-10-8-6-4-2;1-3-5-7-9-11-10-8-6-4-2/h4-8,11-12H,9-10H2,1-3H3;2-6,8H,7H2,1H3,(H,11,12);3H,5H2,1-2H3;1H;;;/t11-,12+;8-;3-;;;;/m000..../s1. The lowest BCUT2D eigenvalue weighted by Crippen LogP contribution is -3.00. The Hall–Kier alpha value is 4.69. The highest BCUT2D eigenvalue weighted by Crippen LogP contribution is 2.15. The first-order valence-electron chi connectivity index (χ1n) is 17.7. The first-order chi connectivity index (χ1) is 35.2. The third-order valence-electron chi connectivity index (χ3n) is 6.21. The van der Waals surface area contributed by atoms with Crippen LogP contribution in [0, 0.1) is 17.8 Å². The van der Waals surface area contributed by atoms with E-state index in [1.165, 1.54) is 67.5 Å². The number of benzene rings is 2. The average molecular weight is 1710 g/mol. The minimum absolute atomic E-state index is 0. The van der Waals surface area contributed by atoms with Crippen molar-refractivity contribution in [3.8, 4) is 0 Å².